The third-order valence-corrected chi connectivity index (χ3v) is 5.09. The molecule has 1 N–H and O–H groups in total. The lowest BCUT2D eigenvalue weighted by atomic mass is 10.1. The summed E-state index contributed by atoms with van der Waals surface area (Å²) in [5.74, 6) is 0. The summed E-state index contributed by atoms with van der Waals surface area (Å²) in [4.78, 5) is 7.05. The van der Waals surface area contributed by atoms with E-state index in [1.165, 1.54) is 15.3 Å². The van der Waals surface area contributed by atoms with Gasteiger partial charge in [0.1, 0.15) is 5.01 Å². The number of thiophene rings is 1. The topological polar surface area (TPSA) is 24.9 Å². The van der Waals surface area contributed by atoms with Gasteiger partial charge in [0.2, 0.25) is 0 Å². The first-order valence-electron chi connectivity index (χ1n) is 6.65. The normalized spacial score (nSPS) is 10.8. The van der Waals surface area contributed by atoms with Crippen LogP contribution in [0.15, 0.2) is 54.0 Å². The first kappa shape index (κ1) is 13.5. The van der Waals surface area contributed by atoms with Crippen LogP contribution in [0.4, 0.5) is 0 Å². The molecular formula is C16H16N2S2. The molecule has 3 rings (SSSR count). The molecule has 2 heterocycles. The van der Waals surface area contributed by atoms with Crippen LogP contribution in [-0.4, -0.2) is 11.5 Å². The van der Waals surface area contributed by atoms with Crippen molar-refractivity contribution in [3.63, 3.8) is 0 Å². The number of aromatic nitrogens is 1. The lowest BCUT2D eigenvalue weighted by Gasteiger charge is -2.02. The molecule has 0 spiro atoms. The Morgan fingerprint density at radius 3 is 2.70 bits per heavy atom. The van der Waals surface area contributed by atoms with E-state index in [1.807, 2.05) is 6.20 Å². The molecule has 4 heteroatoms. The summed E-state index contributed by atoms with van der Waals surface area (Å²) in [5.41, 5.74) is 1.37. The SMILES string of the molecule is c1ccc(CCNCc2ncc(-c3cccs3)s2)cc1. The summed E-state index contributed by atoms with van der Waals surface area (Å²) >= 11 is 3.54. The fraction of sp³-hybridized carbons (Fsp3) is 0.188. The summed E-state index contributed by atoms with van der Waals surface area (Å²) in [6.45, 7) is 1.83. The Labute approximate surface area is 127 Å². The smallest absolute Gasteiger partial charge is 0.107 e. The van der Waals surface area contributed by atoms with Crippen LogP contribution in [0.5, 0.6) is 0 Å². The van der Waals surface area contributed by atoms with Crippen LogP contribution >= 0.6 is 22.7 Å². The molecule has 0 atom stereocenters. The van der Waals surface area contributed by atoms with E-state index in [0.717, 1.165) is 24.5 Å². The van der Waals surface area contributed by atoms with Gasteiger partial charge in [-0.05, 0) is 30.0 Å². The maximum absolute atomic E-state index is 4.48. The first-order valence-corrected chi connectivity index (χ1v) is 8.34. The van der Waals surface area contributed by atoms with Gasteiger partial charge < -0.3 is 5.32 Å². The molecule has 2 aromatic heterocycles. The lowest BCUT2D eigenvalue weighted by molar-refractivity contribution is 0.684. The quantitative estimate of drug-likeness (QED) is 0.690. The van der Waals surface area contributed by atoms with E-state index in [-0.39, 0.29) is 0 Å². The van der Waals surface area contributed by atoms with Crippen molar-refractivity contribution in [1.82, 2.24) is 10.3 Å². The van der Waals surface area contributed by atoms with Crippen molar-refractivity contribution < 1.29 is 0 Å². The van der Waals surface area contributed by atoms with Crippen molar-refractivity contribution in [2.24, 2.45) is 0 Å². The standard InChI is InChI=1S/C16H16N2S2/c1-2-5-13(6-3-1)8-9-17-12-16-18-11-15(20-16)14-7-4-10-19-14/h1-7,10-11,17H,8-9,12H2. The molecule has 0 radical (unpaired) electrons. The molecule has 0 unspecified atom stereocenters. The highest BCUT2D eigenvalue weighted by atomic mass is 32.1. The molecule has 0 saturated carbocycles. The summed E-state index contributed by atoms with van der Waals surface area (Å²) < 4.78 is 0. The molecule has 0 aliphatic rings. The Balaban J connectivity index is 1.47. The molecule has 0 amide bonds. The second kappa shape index (κ2) is 6.79. The number of hydrogen-bond donors (Lipinski definition) is 1. The Hall–Kier alpha value is -1.49. The number of nitrogens with one attached hydrogen (secondary N) is 1. The van der Waals surface area contributed by atoms with Crippen molar-refractivity contribution in [2.45, 2.75) is 13.0 Å². The zero-order valence-corrected chi connectivity index (χ0v) is 12.7. The predicted octanol–water partition coefficient (Wildman–Crippen LogP) is 4.20. The van der Waals surface area contributed by atoms with Crippen molar-refractivity contribution in [3.05, 3.63) is 64.6 Å². The molecule has 0 fully saturated rings. The molecule has 0 aliphatic carbocycles. The van der Waals surface area contributed by atoms with E-state index in [0.29, 0.717) is 0 Å². The van der Waals surface area contributed by atoms with Gasteiger partial charge in [-0.15, -0.1) is 22.7 Å². The Morgan fingerprint density at radius 1 is 1.00 bits per heavy atom. The van der Waals surface area contributed by atoms with E-state index >= 15 is 0 Å². The highest BCUT2D eigenvalue weighted by Crippen LogP contribution is 2.29. The Morgan fingerprint density at radius 2 is 1.90 bits per heavy atom. The molecule has 1 aromatic carbocycles. The maximum atomic E-state index is 4.48. The van der Waals surface area contributed by atoms with E-state index < -0.39 is 0 Å². The van der Waals surface area contributed by atoms with Gasteiger partial charge >= 0.3 is 0 Å². The predicted molar refractivity (Wildman–Crippen MR) is 87.3 cm³/mol. The minimum absolute atomic E-state index is 0.850. The molecule has 102 valence electrons. The third kappa shape index (κ3) is 3.54. The summed E-state index contributed by atoms with van der Waals surface area (Å²) in [6, 6.07) is 14.8. The summed E-state index contributed by atoms with van der Waals surface area (Å²) in [6.07, 6.45) is 3.04. The van der Waals surface area contributed by atoms with Gasteiger partial charge in [0, 0.05) is 17.6 Å². The fourth-order valence-electron chi connectivity index (χ4n) is 2.00. The van der Waals surface area contributed by atoms with Crippen LogP contribution in [0.2, 0.25) is 0 Å². The van der Waals surface area contributed by atoms with Crippen LogP contribution in [0.3, 0.4) is 0 Å². The van der Waals surface area contributed by atoms with Gasteiger partial charge in [0.15, 0.2) is 0 Å². The number of nitrogens with zero attached hydrogens (tertiary/aromatic N) is 1. The largest absolute Gasteiger partial charge is 0.310 e. The molecule has 0 bridgehead atoms. The van der Waals surface area contributed by atoms with Crippen molar-refractivity contribution in [2.75, 3.05) is 6.54 Å². The van der Waals surface area contributed by atoms with E-state index in [9.17, 15) is 0 Å². The monoisotopic (exact) mass is 300 g/mol. The molecule has 3 aromatic rings. The first-order chi connectivity index (χ1) is 9.92. The van der Waals surface area contributed by atoms with Crippen molar-refractivity contribution in [3.8, 4) is 9.75 Å². The van der Waals surface area contributed by atoms with Gasteiger partial charge in [0.05, 0.1) is 4.88 Å². The average Bonchev–Trinajstić information content (AvgIpc) is 3.15. The van der Waals surface area contributed by atoms with Gasteiger partial charge in [-0.25, -0.2) is 4.98 Å². The van der Waals surface area contributed by atoms with Gasteiger partial charge in [-0.1, -0.05) is 36.4 Å². The van der Waals surface area contributed by atoms with Crippen LogP contribution in [0.1, 0.15) is 10.6 Å². The van der Waals surface area contributed by atoms with Crippen LogP contribution in [0.25, 0.3) is 9.75 Å². The molecule has 20 heavy (non-hydrogen) atoms. The van der Waals surface area contributed by atoms with E-state index in [2.05, 4.69) is 58.1 Å². The molecule has 2 nitrogen and oxygen atoms in total. The van der Waals surface area contributed by atoms with Gasteiger partial charge in [-0.2, -0.15) is 0 Å². The highest BCUT2D eigenvalue weighted by Gasteiger charge is 2.04. The van der Waals surface area contributed by atoms with E-state index in [1.54, 1.807) is 22.7 Å². The van der Waals surface area contributed by atoms with Crippen LogP contribution in [0, 0.1) is 0 Å². The van der Waals surface area contributed by atoms with E-state index in [4.69, 9.17) is 0 Å². The van der Waals surface area contributed by atoms with Crippen LogP contribution < -0.4 is 5.32 Å². The van der Waals surface area contributed by atoms with Gasteiger partial charge in [-0.3, -0.25) is 0 Å². The second-order valence-corrected chi connectivity index (χ2v) is 6.57. The minimum atomic E-state index is 0.850. The fourth-order valence-corrected chi connectivity index (χ4v) is 3.70. The minimum Gasteiger partial charge on any atom is -0.310 e. The zero-order valence-electron chi connectivity index (χ0n) is 11.1. The lowest BCUT2D eigenvalue weighted by Crippen LogP contribution is -2.16. The highest BCUT2D eigenvalue weighted by molar-refractivity contribution is 7.21. The number of rotatable bonds is 6. The summed E-state index contributed by atoms with van der Waals surface area (Å²) in [5, 5.41) is 6.72. The average molecular weight is 300 g/mol. The Kier molecular flexibility index (Phi) is 4.58. The third-order valence-electron chi connectivity index (χ3n) is 3.03. The molecular weight excluding hydrogens is 284 g/mol. The Bertz CT molecular complexity index is 630. The number of thiazole rings is 1. The summed E-state index contributed by atoms with van der Waals surface area (Å²) in [7, 11) is 0. The molecule has 0 aliphatic heterocycles. The zero-order chi connectivity index (χ0) is 13.6. The number of hydrogen-bond acceptors (Lipinski definition) is 4. The molecule has 0 saturated heterocycles. The van der Waals surface area contributed by atoms with Gasteiger partial charge in [0.25, 0.3) is 0 Å². The maximum Gasteiger partial charge on any atom is 0.107 e. The second-order valence-electron chi connectivity index (χ2n) is 4.51. The van der Waals surface area contributed by atoms with Crippen molar-refractivity contribution in [1.29, 1.82) is 0 Å². The van der Waals surface area contributed by atoms with Crippen molar-refractivity contribution >= 4 is 22.7 Å². The number of benzene rings is 1. The van der Waals surface area contributed by atoms with Crippen LogP contribution in [-0.2, 0) is 13.0 Å².